The lowest BCUT2D eigenvalue weighted by Crippen LogP contribution is -2.35. The van der Waals surface area contributed by atoms with E-state index in [-0.39, 0.29) is 12.5 Å². The van der Waals surface area contributed by atoms with Crippen molar-refractivity contribution in [1.29, 1.82) is 0 Å². The Labute approximate surface area is 181 Å². The molecule has 0 saturated carbocycles. The molecule has 0 bridgehead atoms. The summed E-state index contributed by atoms with van der Waals surface area (Å²) in [6.07, 6.45) is 7.28. The van der Waals surface area contributed by atoms with Crippen LogP contribution in [0.1, 0.15) is 36.8 Å². The monoisotopic (exact) mass is 423 g/mol. The number of pyridine rings is 1. The molecule has 4 rings (SSSR count). The molecule has 1 atom stereocenters. The van der Waals surface area contributed by atoms with E-state index in [2.05, 4.69) is 39.5 Å². The number of nitrogens with one attached hydrogen (secondary N) is 1. The normalized spacial score (nSPS) is 17.0. The lowest BCUT2D eigenvalue weighted by atomic mass is 9.92. The predicted molar refractivity (Wildman–Crippen MR) is 117 cm³/mol. The van der Waals surface area contributed by atoms with Crippen molar-refractivity contribution in [2.45, 2.75) is 38.8 Å². The molecule has 0 spiro atoms. The molecule has 31 heavy (non-hydrogen) atoms. The van der Waals surface area contributed by atoms with Gasteiger partial charge in [-0.1, -0.05) is 24.3 Å². The smallest absolute Gasteiger partial charge is 0.220 e. The van der Waals surface area contributed by atoms with E-state index in [1.54, 1.807) is 0 Å². The van der Waals surface area contributed by atoms with E-state index in [1.165, 1.54) is 17.0 Å². The minimum absolute atomic E-state index is 0.0524. The van der Waals surface area contributed by atoms with Crippen LogP contribution in [-0.2, 0) is 17.9 Å². The topological polar surface area (TPSA) is 45.2 Å². The minimum Gasteiger partial charge on any atom is -0.352 e. The number of nitrogens with zero attached hydrogens (tertiary/aromatic N) is 2. The average molecular weight is 424 g/mol. The second kappa shape index (κ2) is 9.96. The van der Waals surface area contributed by atoms with Crippen LogP contribution in [0, 0.1) is 17.6 Å². The van der Waals surface area contributed by atoms with Gasteiger partial charge in [-0.3, -0.25) is 14.7 Å². The zero-order valence-electron chi connectivity index (χ0n) is 17.5. The summed E-state index contributed by atoms with van der Waals surface area (Å²) >= 11 is 0. The summed E-state index contributed by atoms with van der Waals surface area (Å²) in [6.45, 7) is 3.17. The second-order valence-corrected chi connectivity index (χ2v) is 8.32. The van der Waals surface area contributed by atoms with E-state index in [9.17, 15) is 13.6 Å². The number of carbonyl (C=O) groups is 1. The van der Waals surface area contributed by atoms with Gasteiger partial charge in [0.05, 0.1) is 0 Å². The Morgan fingerprint density at radius 3 is 2.94 bits per heavy atom. The van der Waals surface area contributed by atoms with Gasteiger partial charge >= 0.3 is 0 Å². The number of benzene rings is 2. The summed E-state index contributed by atoms with van der Waals surface area (Å²) in [5.74, 6) is -1.34. The van der Waals surface area contributed by atoms with Gasteiger partial charge in [-0.05, 0) is 66.4 Å². The number of hydrogen-bond donors (Lipinski definition) is 1. The van der Waals surface area contributed by atoms with E-state index in [4.69, 9.17) is 0 Å². The predicted octanol–water partition coefficient (Wildman–Crippen LogP) is 4.82. The third-order valence-corrected chi connectivity index (χ3v) is 6.02. The molecular formula is C25H27F2N3O. The highest BCUT2D eigenvalue weighted by molar-refractivity contribution is 5.84. The largest absolute Gasteiger partial charge is 0.352 e. The number of amides is 1. The summed E-state index contributed by atoms with van der Waals surface area (Å²) in [5, 5.41) is 5.21. The van der Waals surface area contributed by atoms with Crippen molar-refractivity contribution in [2.24, 2.45) is 5.92 Å². The number of aromatic nitrogens is 1. The number of carbonyl (C=O) groups excluding carboxylic acids is 1. The van der Waals surface area contributed by atoms with Crippen LogP contribution in [-0.4, -0.2) is 28.9 Å². The molecule has 1 aliphatic rings. The Kier molecular flexibility index (Phi) is 6.87. The van der Waals surface area contributed by atoms with Crippen molar-refractivity contribution >= 4 is 16.7 Å². The molecule has 0 unspecified atom stereocenters. The third-order valence-electron chi connectivity index (χ3n) is 6.02. The molecule has 1 aromatic heterocycles. The highest BCUT2D eigenvalue weighted by Gasteiger charge is 2.21. The molecule has 0 aliphatic carbocycles. The van der Waals surface area contributed by atoms with Gasteiger partial charge in [-0.15, -0.1) is 0 Å². The van der Waals surface area contributed by atoms with Crippen LogP contribution in [0.2, 0.25) is 0 Å². The molecule has 2 aromatic carbocycles. The van der Waals surface area contributed by atoms with Gasteiger partial charge in [0.25, 0.3) is 0 Å². The number of rotatable bonds is 7. The van der Waals surface area contributed by atoms with E-state index in [0.717, 1.165) is 56.4 Å². The van der Waals surface area contributed by atoms with Crippen molar-refractivity contribution in [3.63, 3.8) is 0 Å². The molecule has 0 radical (unpaired) electrons. The van der Waals surface area contributed by atoms with Crippen LogP contribution in [0.25, 0.3) is 10.8 Å². The molecule has 2 heterocycles. The Morgan fingerprint density at radius 1 is 1.16 bits per heavy atom. The zero-order valence-corrected chi connectivity index (χ0v) is 17.5. The number of hydrogen-bond acceptors (Lipinski definition) is 3. The molecule has 1 amide bonds. The van der Waals surface area contributed by atoms with Crippen LogP contribution in [0.4, 0.5) is 8.78 Å². The van der Waals surface area contributed by atoms with E-state index >= 15 is 0 Å². The van der Waals surface area contributed by atoms with Crippen LogP contribution in [0.3, 0.4) is 0 Å². The SMILES string of the molecule is O=C(CC[C@@H]1CCCN(Cc2cccc3cnccc23)C1)NCc1ccc(F)c(F)c1. The van der Waals surface area contributed by atoms with Crippen molar-refractivity contribution in [2.75, 3.05) is 13.1 Å². The lowest BCUT2D eigenvalue weighted by Gasteiger charge is -2.33. The Bertz CT molecular complexity index is 1050. The Hall–Kier alpha value is -2.86. The number of likely N-dealkylation sites (tertiary alicyclic amines) is 1. The number of fused-ring (bicyclic) bond motifs is 1. The minimum atomic E-state index is -0.892. The summed E-state index contributed by atoms with van der Waals surface area (Å²) in [7, 11) is 0. The first-order valence-electron chi connectivity index (χ1n) is 10.8. The number of piperidine rings is 1. The molecule has 162 valence electrons. The van der Waals surface area contributed by atoms with Crippen molar-refractivity contribution in [1.82, 2.24) is 15.2 Å². The zero-order chi connectivity index (χ0) is 21.6. The van der Waals surface area contributed by atoms with Gasteiger partial charge in [0.1, 0.15) is 0 Å². The van der Waals surface area contributed by atoms with Gasteiger partial charge in [-0.2, -0.15) is 0 Å². The van der Waals surface area contributed by atoms with E-state index < -0.39 is 11.6 Å². The van der Waals surface area contributed by atoms with Gasteiger partial charge < -0.3 is 5.32 Å². The van der Waals surface area contributed by atoms with Crippen LogP contribution in [0.5, 0.6) is 0 Å². The molecule has 4 nitrogen and oxygen atoms in total. The van der Waals surface area contributed by atoms with Gasteiger partial charge in [0.2, 0.25) is 5.91 Å². The second-order valence-electron chi connectivity index (χ2n) is 8.32. The fourth-order valence-corrected chi connectivity index (χ4v) is 4.37. The lowest BCUT2D eigenvalue weighted by molar-refractivity contribution is -0.121. The first-order chi connectivity index (χ1) is 15.1. The highest BCUT2D eigenvalue weighted by atomic mass is 19.2. The quantitative estimate of drug-likeness (QED) is 0.593. The highest BCUT2D eigenvalue weighted by Crippen LogP contribution is 2.25. The van der Waals surface area contributed by atoms with Crippen LogP contribution in [0.15, 0.2) is 54.9 Å². The van der Waals surface area contributed by atoms with Gasteiger partial charge in [-0.25, -0.2) is 8.78 Å². The Morgan fingerprint density at radius 2 is 2.06 bits per heavy atom. The van der Waals surface area contributed by atoms with Crippen LogP contribution < -0.4 is 5.32 Å². The molecule has 6 heteroatoms. The molecule has 1 N–H and O–H groups in total. The summed E-state index contributed by atoms with van der Waals surface area (Å²) in [6, 6.07) is 12.1. The first-order valence-corrected chi connectivity index (χ1v) is 10.8. The maximum absolute atomic E-state index is 13.3. The molecule has 1 saturated heterocycles. The number of halogens is 2. The Balaban J connectivity index is 1.26. The van der Waals surface area contributed by atoms with Gasteiger partial charge in [0, 0.05) is 43.8 Å². The maximum atomic E-state index is 13.3. The van der Waals surface area contributed by atoms with Crippen molar-refractivity contribution in [3.05, 3.63) is 77.6 Å². The molecule has 3 aromatic rings. The molecule has 1 fully saturated rings. The molecule has 1 aliphatic heterocycles. The van der Waals surface area contributed by atoms with Crippen LogP contribution >= 0.6 is 0 Å². The summed E-state index contributed by atoms with van der Waals surface area (Å²) < 4.78 is 26.3. The van der Waals surface area contributed by atoms with Crippen molar-refractivity contribution in [3.8, 4) is 0 Å². The van der Waals surface area contributed by atoms with E-state index in [1.807, 2.05) is 12.4 Å². The third kappa shape index (κ3) is 5.64. The van der Waals surface area contributed by atoms with Gasteiger partial charge in [0.15, 0.2) is 11.6 Å². The molecular weight excluding hydrogens is 396 g/mol. The van der Waals surface area contributed by atoms with E-state index in [0.29, 0.717) is 17.9 Å². The maximum Gasteiger partial charge on any atom is 0.220 e. The van der Waals surface area contributed by atoms with Crippen molar-refractivity contribution < 1.29 is 13.6 Å². The first kappa shape index (κ1) is 21.4. The summed E-state index contributed by atoms with van der Waals surface area (Å²) in [5.41, 5.74) is 1.87. The summed E-state index contributed by atoms with van der Waals surface area (Å²) in [4.78, 5) is 18.9. The fourth-order valence-electron chi connectivity index (χ4n) is 4.37. The standard InChI is InChI=1S/C25H27F2N3O/c26-23-8-6-19(13-24(23)27)14-29-25(31)9-7-18-3-2-12-30(16-18)17-21-5-1-4-20-15-28-11-10-22(20)21/h1,4-6,8,10-11,13,15,18H,2-3,7,9,12,14,16-17H2,(H,29,31)/t18-/m0/s1. The fraction of sp³-hybridized carbons (Fsp3) is 0.360. The average Bonchev–Trinajstić information content (AvgIpc) is 2.79.